The Labute approximate surface area is 181 Å². The van der Waals surface area contributed by atoms with Crippen molar-refractivity contribution < 1.29 is 9.53 Å². The summed E-state index contributed by atoms with van der Waals surface area (Å²) in [7, 11) is 1.61. The first kappa shape index (κ1) is 20.6. The number of methoxy groups -OCH3 is 1. The van der Waals surface area contributed by atoms with Crippen molar-refractivity contribution >= 4 is 28.8 Å². The molecule has 4 rings (SSSR count). The second-order valence-electron chi connectivity index (χ2n) is 7.56. The van der Waals surface area contributed by atoms with Crippen LogP contribution in [-0.2, 0) is 4.79 Å². The third kappa shape index (κ3) is 4.60. The van der Waals surface area contributed by atoms with Crippen molar-refractivity contribution in [3.05, 3.63) is 48.3 Å². The zero-order valence-electron chi connectivity index (χ0n) is 17.8. The molecule has 9 heteroatoms. The van der Waals surface area contributed by atoms with E-state index in [1.54, 1.807) is 30.8 Å². The summed E-state index contributed by atoms with van der Waals surface area (Å²) < 4.78 is 7.40. The third-order valence-corrected chi connectivity index (χ3v) is 5.49. The van der Waals surface area contributed by atoms with Crippen LogP contribution in [0.4, 0.5) is 5.95 Å². The number of amides is 1. The SMILES string of the molecule is COc1nc(NC2CCN(C(C)=O)CC2)nn2ccc(C3=C\C\C=C/N=C(N)\C=C/3)c12. The standard InChI is InChI=1S/C22H27N7O2/c1-15(30)28-12-8-17(9-13-28)25-22-26-21(31-2)20-18(10-14-29(20)27-22)16-5-3-4-11-24-19(23)7-6-16/h4-7,10-11,14,17H,3,8-9,12-13H2,1-2H3,(H2,23,24)(H,25,27)/b7-6-,11-4-,16-5+. The van der Waals surface area contributed by atoms with Crippen LogP contribution in [-0.4, -0.2) is 57.5 Å². The number of hydrogen-bond acceptors (Lipinski definition) is 7. The zero-order valence-corrected chi connectivity index (χ0v) is 17.8. The number of aliphatic imine (C=N–C) groups is 1. The van der Waals surface area contributed by atoms with Crippen molar-refractivity contribution in [1.29, 1.82) is 0 Å². The normalized spacial score (nSPS) is 23.0. The number of piperidine rings is 1. The van der Waals surface area contributed by atoms with Gasteiger partial charge in [0.05, 0.1) is 7.11 Å². The van der Waals surface area contributed by atoms with Crippen molar-refractivity contribution in [3.63, 3.8) is 0 Å². The molecule has 0 unspecified atom stereocenters. The van der Waals surface area contributed by atoms with E-state index in [0.717, 1.165) is 49.0 Å². The second kappa shape index (κ2) is 9.03. The van der Waals surface area contributed by atoms with Crippen LogP contribution in [0.5, 0.6) is 5.88 Å². The van der Waals surface area contributed by atoms with Crippen LogP contribution in [0.15, 0.2) is 47.8 Å². The van der Waals surface area contributed by atoms with Gasteiger partial charge >= 0.3 is 0 Å². The molecular formula is C22H27N7O2. The van der Waals surface area contributed by atoms with Gasteiger partial charge in [-0.25, -0.2) is 9.51 Å². The highest BCUT2D eigenvalue weighted by Crippen LogP contribution is 2.30. The topological polar surface area (TPSA) is 110 Å². The van der Waals surface area contributed by atoms with Crippen molar-refractivity contribution in [3.8, 4) is 5.88 Å². The Morgan fingerprint density at radius 3 is 2.84 bits per heavy atom. The van der Waals surface area contributed by atoms with Gasteiger partial charge in [0.1, 0.15) is 11.4 Å². The molecule has 0 radical (unpaired) electrons. The summed E-state index contributed by atoms with van der Waals surface area (Å²) in [5.41, 5.74) is 8.63. The van der Waals surface area contributed by atoms with Crippen LogP contribution < -0.4 is 15.8 Å². The molecule has 1 amide bonds. The van der Waals surface area contributed by atoms with Crippen LogP contribution in [0.25, 0.3) is 11.1 Å². The van der Waals surface area contributed by atoms with E-state index in [9.17, 15) is 4.79 Å². The Morgan fingerprint density at radius 2 is 2.10 bits per heavy atom. The number of ether oxygens (including phenoxy) is 1. The van der Waals surface area contributed by atoms with Crippen LogP contribution in [0.2, 0.25) is 0 Å². The fourth-order valence-corrected chi connectivity index (χ4v) is 3.83. The summed E-state index contributed by atoms with van der Waals surface area (Å²) in [5.74, 6) is 1.56. The molecule has 1 saturated heterocycles. The summed E-state index contributed by atoms with van der Waals surface area (Å²) >= 11 is 0. The molecule has 0 aromatic carbocycles. The highest BCUT2D eigenvalue weighted by atomic mass is 16.5. The maximum atomic E-state index is 11.5. The number of nitrogens with zero attached hydrogens (tertiary/aromatic N) is 5. The Morgan fingerprint density at radius 1 is 1.29 bits per heavy atom. The molecule has 3 N–H and O–H groups in total. The number of fused-ring (bicyclic) bond motifs is 1. The van der Waals surface area contributed by atoms with Gasteiger partial charge in [0.2, 0.25) is 17.7 Å². The molecule has 2 aromatic heterocycles. The Balaban J connectivity index is 1.61. The fraction of sp³-hybridized carbons (Fsp3) is 0.364. The number of anilines is 1. The quantitative estimate of drug-likeness (QED) is 0.784. The predicted molar refractivity (Wildman–Crippen MR) is 121 cm³/mol. The van der Waals surface area contributed by atoms with E-state index in [0.29, 0.717) is 17.7 Å². The molecule has 4 heterocycles. The minimum atomic E-state index is 0.120. The predicted octanol–water partition coefficient (Wildman–Crippen LogP) is 2.37. The smallest absolute Gasteiger partial charge is 0.244 e. The molecule has 0 spiro atoms. The first-order valence-corrected chi connectivity index (χ1v) is 10.4. The van der Waals surface area contributed by atoms with Crippen LogP contribution in [0, 0.1) is 0 Å². The maximum Gasteiger partial charge on any atom is 0.244 e. The average Bonchev–Trinajstić information content (AvgIpc) is 3.22. The lowest BCUT2D eigenvalue weighted by molar-refractivity contribution is -0.129. The number of carbonyl (C=O) groups excluding carboxylic acids is 1. The van der Waals surface area contributed by atoms with Gasteiger partial charge in [-0.15, -0.1) is 5.10 Å². The monoisotopic (exact) mass is 421 g/mol. The van der Waals surface area contributed by atoms with E-state index >= 15 is 0 Å². The van der Waals surface area contributed by atoms with E-state index in [-0.39, 0.29) is 11.9 Å². The molecule has 2 aromatic rings. The van der Waals surface area contributed by atoms with Gasteiger partial charge < -0.3 is 20.7 Å². The van der Waals surface area contributed by atoms with Gasteiger partial charge in [-0.2, -0.15) is 4.98 Å². The maximum absolute atomic E-state index is 11.5. The van der Waals surface area contributed by atoms with E-state index < -0.39 is 0 Å². The number of carbonyl (C=O) groups is 1. The van der Waals surface area contributed by atoms with Gasteiger partial charge in [0.25, 0.3) is 0 Å². The van der Waals surface area contributed by atoms with Gasteiger partial charge in [-0.1, -0.05) is 18.2 Å². The van der Waals surface area contributed by atoms with Crippen molar-refractivity contribution in [1.82, 2.24) is 19.5 Å². The third-order valence-electron chi connectivity index (χ3n) is 5.49. The van der Waals surface area contributed by atoms with Gasteiger partial charge in [-0.05, 0) is 37.0 Å². The summed E-state index contributed by atoms with van der Waals surface area (Å²) in [6.07, 6.45) is 13.8. The largest absolute Gasteiger partial charge is 0.479 e. The molecular weight excluding hydrogens is 394 g/mol. The zero-order chi connectivity index (χ0) is 21.8. The lowest BCUT2D eigenvalue weighted by Gasteiger charge is -2.31. The number of hydrogen-bond donors (Lipinski definition) is 2. The van der Waals surface area contributed by atoms with Gasteiger partial charge in [0.15, 0.2) is 0 Å². The Kier molecular flexibility index (Phi) is 6.01. The molecule has 0 bridgehead atoms. The molecule has 2 aliphatic heterocycles. The molecule has 0 aliphatic carbocycles. The van der Waals surface area contributed by atoms with Crippen molar-refractivity contribution in [2.24, 2.45) is 10.7 Å². The number of nitrogens with two attached hydrogens (primary N) is 1. The first-order chi connectivity index (χ1) is 15.0. The molecule has 1 fully saturated rings. The van der Waals surface area contributed by atoms with E-state index in [1.807, 2.05) is 29.3 Å². The molecule has 162 valence electrons. The average molecular weight is 422 g/mol. The van der Waals surface area contributed by atoms with Crippen LogP contribution in [0.1, 0.15) is 31.7 Å². The summed E-state index contributed by atoms with van der Waals surface area (Å²) in [6, 6.07) is 2.20. The molecule has 0 atom stereocenters. The molecule has 2 aliphatic rings. The Hall–Kier alpha value is -3.62. The number of likely N-dealkylation sites (tertiary alicyclic amines) is 1. The van der Waals surface area contributed by atoms with Gasteiger partial charge in [-0.3, -0.25) is 4.79 Å². The molecule has 9 nitrogen and oxygen atoms in total. The van der Waals surface area contributed by atoms with Crippen LogP contribution in [0.3, 0.4) is 0 Å². The fourth-order valence-electron chi connectivity index (χ4n) is 3.83. The van der Waals surface area contributed by atoms with Gasteiger partial charge in [0, 0.05) is 44.0 Å². The summed E-state index contributed by atoms with van der Waals surface area (Å²) in [6.45, 7) is 3.09. The number of allylic oxidation sites excluding steroid dienone is 4. The van der Waals surface area contributed by atoms with E-state index in [4.69, 9.17) is 10.5 Å². The van der Waals surface area contributed by atoms with E-state index in [1.165, 1.54) is 0 Å². The summed E-state index contributed by atoms with van der Waals surface area (Å²) in [4.78, 5) is 22.2. The first-order valence-electron chi connectivity index (χ1n) is 10.4. The minimum Gasteiger partial charge on any atom is -0.479 e. The number of aromatic nitrogens is 3. The number of amidine groups is 1. The molecule has 0 saturated carbocycles. The lowest BCUT2D eigenvalue weighted by Crippen LogP contribution is -2.41. The van der Waals surface area contributed by atoms with Crippen molar-refractivity contribution in [2.45, 2.75) is 32.2 Å². The number of rotatable bonds is 4. The lowest BCUT2D eigenvalue weighted by atomic mass is 10.1. The van der Waals surface area contributed by atoms with Crippen LogP contribution >= 0.6 is 0 Å². The highest BCUT2D eigenvalue weighted by molar-refractivity contribution is 5.96. The minimum absolute atomic E-state index is 0.120. The molecule has 31 heavy (non-hydrogen) atoms. The highest BCUT2D eigenvalue weighted by Gasteiger charge is 2.22. The second-order valence-corrected chi connectivity index (χ2v) is 7.56. The van der Waals surface area contributed by atoms with E-state index in [2.05, 4.69) is 26.5 Å². The Bertz CT molecular complexity index is 1090. The number of nitrogens with one attached hydrogen (secondary N) is 1. The van der Waals surface area contributed by atoms with Crippen molar-refractivity contribution in [2.75, 3.05) is 25.5 Å². The summed E-state index contributed by atoms with van der Waals surface area (Å²) in [5, 5.41) is 8.04.